The van der Waals surface area contributed by atoms with E-state index in [9.17, 15) is 18.3 Å². The number of hydrogen-bond donors (Lipinski definition) is 3. The lowest BCUT2D eigenvalue weighted by Gasteiger charge is -2.11. The highest BCUT2D eigenvalue weighted by Crippen LogP contribution is 2.30. The van der Waals surface area contributed by atoms with Crippen LogP contribution in [0.15, 0.2) is 88.9 Å². The van der Waals surface area contributed by atoms with Gasteiger partial charge < -0.3 is 9.67 Å². The lowest BCUT2D eigenvalue weighted by molar-refractivity contribution is 0.0678. The van der Waals surface area contributed by atoms with Crippen LogP contribution in [0.5, 0.6) is 0 Å². The number of nitrogens with one attached hydrogen (secondary N) is 2. The molecule has 0 unspecified atom stereocenters. The largest absolute Gasteiger partial charge is 0.475 e. The number of aromatic carboxylic acids is 1. The van der Waals surface area contributed by atoms with Crippen molar-refractivity contribution in [3.8, 4) is 22.5 Å². The van der Waals surface area contributed by atoms with Gasteiger partial charge in [-0.25, -0.2) is 14.6 Å². The average Bonchev–Trinajstić information content (AvgIpc) is 3.59. The standard InChI is InChI=1S/C25H19ClN8O4S/c26-22-21(14-27-33-39(37,38)18-6-2-1-3-7-18)34(24(28-22)25(35)36)15-16-10-12-17(13-11-16)19-8-4-5-9-20(19)23-29-31-32-30-23/h1-14,33H,15H2,(H,35,36)(H,29,30,31,32)/b27-14-. The maximum atomic E-state index is 12.5. The van der Waals surface area contributed by atoms with Crippen LogP contribution in [0, 0.1) is 0 Å². The normalized spacial score (nSPS) is 11.6. The van der Waals surface area contributed by atoms with Crippen molar-refractivity contribution >= 4 is 33.8 Å². The van der Waals surface area contributed by atoms with Crippen LogP contribution in [-0.4, -0.2) is 55.9 Å². The molecule has 39 heavy (non-hydrogen) atoms. The molecule has 2 heterocycles. The molecule has 0 spiro atoms. The molecule has 0 aliphatic rings. The van der Waals surface area contributed by atoms with Gasteiger partial charge in [-0.05, 0) is 34.0 Å². The molecule has 0 saturated carbocycles. The number of hydrazone groups is 1. The second-order valence-electron chi connectivity index (χ2n) is 8.15. The molecule has 3 N–H and O–H groups in total. The predicted molar refractivity (Wildman–Crippen MR) is 143 cm³/mol. The molecule has 5 aromatic rings. The Hall–Kier alpha value is -4.88. The Labute approximate surface area is 227 Å². The molecule has 12 nitrogen and oxygen atoms in total. The number of imidazole rings is 1. The number of sulfonamides is 1. The summed E-state index contributed by atoms with van der Waals surface area (Å²) in [5, 5.41) is 27.5. The summed E-state index contributed by atoms with van der Waals surface area (Å²) in [5.41, 5.74) is 3.44. The number of nitrogens with zero attached hydrogens (tertiary/aromatic N) is 6. The lowest BCUT2D eigenvalue weighted by Crippen LogP contribution is -2.19. The first-order valence-corrected chi connectivity index (χ1v) is 13.2. The fraction of sp³-hybridized carbons (Fsp3) is 0.0400. The first kappa shape index (κ1) is 25.8. The van der Waals surface area contributed by atoms with Crippen LogP contribution < -0.4 is 4.83 Å². The summed E-state index contributed by atoms with van der Waals surface area (Å²) >= 11 is 6.22. The van der Waals surface area contributed by atoms with Gasteiger partial charge in [-0.1, -0.05) is 78.3 Å². The molecule has 0 amide bonds. The molecule has 0 aliphatic heterocycles. The topological polar surface area (TPSA) is 168 Å². The summed E-state index contributed by atoms with van der Waals surface area (Å²) < 4.78 is 26.3. The zero-order valence-electron chi connectivity index (χ0n) is 19.9. The van der Waals surface area contributed by atoms with E-state index in [4.69, 9.17) is 11.6 Å². The monoisotopic (exact) mass is 562 g/mol. The van der Waals surface area contributed by atoms with Crippen LogP contribution in [0.3, 0.4) is 0 Å². The van der Waals surface area contributed by atoms with E-state index >= 15 is 0 Å². The molecule has 0 fully saturated rings. The Morgan fingerprint density at radius 3 is 2.38 bits per heavy atom. The maximum Gasteiger partial charge on any atom is 0.372 e. The summed E-state index contributed by atoms with van der Waals surface area (Å²) in [4.78, 5) is 17.9. The summed E-state index contributed by atoms with van der Waals surface area (Å²) in [6.07, 6.45) is 1.12. The molecule has 0 aliphatic carbocycles. The van der Waals surface area contributed by atoms with Crippen LogP contribution in [-0.2, 0) is 16.6 Å². The van der Waals surface area contributed by atoms with Gasteiger partial charge in [-0.15, -0.1) is 10.2 Å². The van der Waals surface area contributed by atoms with Crippen LogP contribution in [0.2, 0.25) is 5.15 Å². The minimum Gasteiger partial charge on any atom is -0.475 e. The highest BCUT2D eigenvalue weighted by Gasteiger charge is 2.21. The molecule has 0 bridgehead atoms. The smallest absolute Gasteiger partial charge is 0.372 e. The molecule has 14 heteroatoms. The van der Waals surface area contributed by atoms with Gasteiger partial charge >= 0.3 is 5.97 Å². The molecule has 0 saturated heterocycles. The number of benzene rings is 3. The number of aromatic amines is 1. The number of tetrazole rings is 1. The van der Waals surface area contributed by atoms with Crippen molar-refractivity contribution in [2.45, 2.75) is 11.4 Å². The molecule has 0 radical (unpaired) electrons. The minimum absolute atomic E-state index is 0.0222. The van der Waals surface area contributed by atoms with Gasteiger partial charge in [-0.2, -0.15) is 18.7 Å². The summed E-state index contributed by atoms with van der Waals surface area (Å²) in [7, 11) is -3.93. The number of halogens is 1. The SMILES string of the molecule is O=C(O)c1nc(Cl)c(/C=N\NS(=O)(=O)c2ccccc2)n1Cc1ccc(-c2ccccc2-c2nn[nH]n2)cc1. The Balaban J connectivity index is 1.42. The lowest BCUT2D eigenvalue weighted by atomic mass is 9.98. The van der Waals surface area contributed by atoms with Gasteiger partial charge in [0.2, 0.25) is 11.6 Å². The Kier molecular flexibility index (Phi) is 7.17. The molecule has 5 rings (SSSR count). The first-order valence-electron chi connectivity index (χ1n) is 11.3. The van der Waals surface area contributed by atoms with Crippen molar-refractivity contribution in [2.75, 3.05) is 0 Å². The summed E-state index contributed by atoms with van der Waals surface area (Å²) in [6.45, 7) is 0.0842. The van der Waals surface area contributed by atoms with Crippen LogP contribution in [0.25, 0.3) is 22.5 Å². The molecule has 196 valence electrons. The molecular weight excluding hydrogens is 544 g/mol. The van der Waals surface area contributed by atoms with Gasteiger partial charge in [0.15, 0.2) is 5.15 Å². The van der Waals surface area contributed by atoms with Gasteiger partial charge in [0.25, 0.3) is 10.0 Å². The third-order valence-electron chi connectivity index (χ3n) is 5.69. The molecular formula is C25H19ClN8O4S. The Morgan fingerprint density at radius 2 is 1.72 bits per heavy atom. The van der Waals surface area contributed by atoms with Crippen LogP contribution in [0.1, 0.15) is 21.9 Å². The van der Waals surface area contributed by atoms with Crippen molar-refractivity contribution < 1.29 is 18.3 Å². The quantitative estimate of drug-likeness (QED) is 0.181. The summed E-state index contributed by atoms with van der Waals surface area (Å²) in [5.74, 6) is -1.16. The molecule has 3 aromatic carbocycles. The van der Waals surface area contributed by atoms with Crippen molar-refractivity contribution in [3.05, 3.63) is 101 Å². The fourth-order valence-electron chi connectivity index (χ4n) is 3.87. The number of carboxylic acid groups (broad SMARTS) is 1. The van der Waals surface area contributed by atoms with E-state index in [2.05, 4.69) is 35.5 Å². The number of hydrogen-bond acceptors (Lipinski definition) is 8. The van der Waals surface area contributed by atoms with E-state index in [-0.39, 0.29) is 28.1 Å². The second kappa shape index (κ2) is 10.8. The van der Waals surface area contributed by atoms with Crippen molar-refractivity contribution in [2.24, 2.45) is 5.10 Å². The Bertz CT molecular complexity index is 1750. The highest BCUT2D eigenvalue weighted by atomic mass is 35.5. The fourth-order valence-corrected chi connectivity index (χ4v) is 4.91. The zero-order chi connectivity index (χ0) is 27.4. The number of rotatable bonds is 9. The van der Waals surface area contributed by atoms with E-state index in [0.717, 1.165) is 28.5 Å². The molecule has 2 aromatic heterocycles. The van der Waals surface area contributed by atoms with Crippen molar-refractivity contribution in [3.63, 3.8) is 0 Å². The predicted octanol–water partition coefficient (Wildman–Crippen LogP) is 3.44. The van der Waals surface area contributed by atoms with Crippen molar-refractivity contribution in [1.29, 1.82) is 0 Å². The maximum absolute atomic E-state index is 12.5. The molecule has 0 atom stereocenters. The number of carbonyl (C=O) groups is 1. The van der Waals surface area contributed by atoms with Gasteiger partial charge in [-0.3, -0.25) is 0 Å². The zero-order valence-corrected chi connectivity index (χ0v) is 21.5. The van der Waals surface area contributed by atoms with E-state index in [0.29, 0.717) is 5.82 Å². The van der Waals surface area contributed by atoms with Gasteiger partial charge in [0, 0.05) is 12.1 Å². The minimum atomic E-state index is -3.93. The third kappa shape index (κ3) is 5.54. The highest BCUT2D eigenvalue weighted by molar-refractivity contribution is 7.89. The van der Waals surface area contributed by atoms with Crippen LogP contribution >= 0.6 is 11.6 Å². The van der Waals surface area contributed by atoms with Crippen LogP contribution in [0.4, 0.5) is 0 Å². The average molecular weight is 563 g/mol. The Morgan fingerprint density at radius 1 is 1.03 bits per heavy atom. The first-order chi connectivity index (χ1) is 18.8. The number of carboxylic acids is 1. The van der Waals surface area contributed by atoms with Crippen molar-refractivity contribution in [1.82, 2.24) is 35.0 Å². The van der Waals surface area contributed by atoms with Gasteiger partial charge in [0.05, 0.1) is 11.1 Å². The van der Waals surface area contributed by atoms with E-state index < -0.39 is 16.0 Å². The third-order valence-corrected chi connectivity index (χ3v) is 7.20. The van der Waals surface area contributed by atoms with E-state index in [1.807, 2.05) is 48.5 Å². The van der Waals surface area contributed by atoms with Gasteiger partial charge in [0.1, 0.15) is 5.69 Å². The number of H-pyrrole nitrogens is 1. The summed E-state index contributed by atoms with van der Waals surface area (Å²) in [6, 6.07) is 22.7. The van der Waals surface area contributed by atoms with E-state index in [1.54, 1.807) is 18.2 Å². The second-order valence-corrected chi connectivity index (χ2v) is 10.2. The van der Waals surface area contributed by atoms with E-state index in [1.165, 1.54) is 16.7 Å². The number of aromatic nitrogens is 6.